The monoisotopic (exact) mass is 420 g/mol. The molecule has 0 unspecified atom stereocenters. The Morgan fingerprint density at radius 2 is 2.00 bits per heavy atom. The number of aromatic nitrogens is 1. The van der Waals surface area contributed by atoms with E-state index in [0.717, 1.165) is 16.9 Å². The summed E-state index contributed by atoms with van der Waals surface area (Å²) >= 11 is 0. The number of piperidine rings is 1. The van der Waals surface area contributed by atoms with Crippen LogP contribution in [-0.4, -0.2) is 46.4 Å². The minimum Gasteiger partial charge on any atom is -0.491 e. The lowest BCUT2D eigenvalue weighted by Crippen LogP contribution is -2.49. The van der Waals surface area contributed by atoms with E-state index in [-0.39, 0.29) is 17.8 Å². The third-order valence-corrected chi connectivity index (χ3v) is 5.81. The lowest BCUT2D eigenvalue weighted by atomic mass is 9.84. The molecule has 1 fully saturated rings. The average Bonchev–Trinajstić information content (AvgIpc) is 2.75. The number of hydrogen-bond acceptors (Lipinski definition) is 5. The molecule has 1 spiro atoms. The van der Waals surface area contributed by atoms with E-state index in [1.165, 1.54) is 0 Å². The van der Waals surface area contributed by atoms with Gasteiger partial charge in [0.25, 0.3) is 5.91 Å². The molecule has 0 saturated carbocycles. The summed E-state index contributed by atoms with van der Waals surface area (Å²) in [6, 6.07) is 9.28. The predicted molar refractivity (Wildman–Crippen MR) is 118 cm³/mol. The topological polar surface area (TPSA) is 68.7 Å². The molecule has 1 amide bonds. The zero-order chi connectivity index (χ0) is 22.0. The van der Waals surface area contributed by atoms with Crippen molar-refractivity contribution in [2.45, 2.75) is 51.7 Å². The first-order valence-electron chi connectivity index (χ1n) is 10.8. The highest BCUT2D eigenvalue weighted by atomic mass is 16.5. The van der Waals surface area contributed by atoms with Crippen LogP contribution in [0, 0.1) is 6.92 Å². The summed E-state index contributed by atoms with van der Waals surface area (Å²) in [4.78, 5) is 31.5. The van der Waals surface area contributed by atoms with Crippen LogP contribution in [0.15, 0.2) is 48.8 Å². The Morgan fingerprint density at radius 3 is 2.65 bits per heavy atom. The second-order valence-electron chi connectivity index (χ2n) is 8.62. The molecule has 2 aliphatic rings. The third kappa shape index (κ3) is 4.63. The molecule has 0 N–H and O–H groups in total. The minimum atomic E-state index is -0.557. The van der Waals surface area contributed by atoms with Crippen molar-refractivity contribution < 1.29 is 19.1 Å². The third-order valence-electron chi connectivity index (χ3n) is 5.81. The van der Waals surface area contributed by atoms with Crippen molar-refractivity contribution in [3.05, 3.63) is 65.5 Å². The number of hydrogen-bond donors (Lipinski definition) is 0. The fourth-order valence-electron chi connectivity index (χ4n) is 4.21. The van der Waals surface area contributed by atoms with E-state index in [9.17, 15) is 9.59 Å². The molecular weight excluding hydrogens is 392 g/mol. The number of aryl methyl sites for hydroxylation is 1. The summed E-state index contributed by atoms with van der Waals surface area (Å²) in [5, 5.41) is 0. The van der Waals surface area contributed by atoms with E-state index >= 15 is 0 Å². The molecule has 0 bridgehead atoms. The molecule has 6 heteroatoms. The Morgan fingerprint density at radius 1 is 1.23 bits per heavy atom. The van der Waals surface area contributed by atoms with E-state index in [1.807, 2.05) is 56.0 Å². The van der Waals surface area contributed by atoms with Crippen LogP contribution in [0.25, 0.3) is 5.76 Å². The predicted octanol–water partition coefficient (Wildman–Crippen LogP) is 4.18. The van der Waals surface area contributed by atoms with Crippen LogP contribution in [0.2, 0.25) is 0 Å². The second-order valence-corrected chi connectivity index (χ2v) is 8.62. The number of ether oxygens (including phenoxy) is 2. The van der Waals surface area contributed by atoms with E-state index in [2.05, 4.69) is 4.98 Å². The zero-order valence-corrected chi connectivity index (χ0v) is 18.3. The second kappa shape index (κ2) is 8.53. The number of likely N-dealkylation sites (tertiary alicyclic amines) is 1. The number of rotatable bonds is 4. The number of allylic oxidation sites excluding steroid dienone is 1. The fourth-order valence-corrected chi connectivity index (χ4v) is 4.21. The van der Waals surface area contributed by atoms with Crippen molar-refractivity contribution in [1.29, 1.82) is 0 Å². The maximum absolute atomic E-state index is 13.1. The molecule has 1 aromatic carbocycles. The fraction of sp³-hybridized carbons (Fsp3) is 0.400. The van der Waals surface area contributed by atoms with Crippen molar-refractivity contribution >= 4 is 17.4 Å². The number of carbonyl (C=O) groups excluding carboxylic acids is 2. The lowest BCUT2D eigenvalue weighted by molar-refractivity contribution is -0.123. The quantitative estimate of drug-likeness (QED) is 0.742. The standard InChI is InChI=1S/C25H28N2O4/c1-17(2)30-22-7-6-19(13-18(22)3)24(29)27-11-8-25(9-12-27)15-21(28)14-23(31-25)20-5-4-10-26-16-20/h4-7,10,13-14,16-17H,8-9,11-12,15H2,1-3H3. The molecule has 0 radical (unpaired) electrons. The van der Waals surface area contributed by atoms with Crippen LogP contribution in [0.4, 0.5) is 0 Å². The van der Waals surface area contributed by atoms with Crippen LogP contribution in [0.5, 0.6) is 5.75 Å². The van der Waals surface area contributed by atoms with Crippen LogP contribution in [0.1, 0.15) is 54.6 Å². The molecule has 1 aromatic heterocycles. The van der Waals surface area contributed by atoms with Gasteiger partial charge in [-0.1, -0.05) is 0 Å². The summed E-state index contributed by atoms with van der Waals surface area (Å²) in [6.07, 6.45) is 6.62. The summed E-state index contributed by atoms with van der Waals surface area (Å²) in [7, 11) is 0. The SMILES string of the molecule is Cc1cc(C(=O)N2CCC3(CC2)CC(=O)C=C(c2cccnc2)O3)ccc1OC(C)C. The summed E-state index contributed by atoms with van der Waals surface area (Å²) in [6.45, 7) is 7.02. The van der Waals surface area contributed by atoms with Crippen LogP contribution in [-0.2, 0) is 9.53 Å². The molecule has 2 aromatic rings. The first kappa shape index (κ1) is 21.1. The number of pyridine rings is 1. The highest BCUT2D eigenvalue weighted by Crippen LogP contribution is 2.38. The first-order valence-corrected chi connectivity index (χ1v) is 10.8. The van der Waals surface area contributed by atoms with Crippen LogP contribution >= 0.6 is 0 Å². The Balaban J connectivity index is 1.44. The number of nitrogens with zero attached hydrogens (tertiary/aromatic N) is 2. The molecule has 31 heavy (non-hydrogen) atoms. The van der Waals surface area contributed by atoms with Crippen molar-refractivity contribution in [2.24, 2.45) is 0 Å². The summed E-state index contributed by atoms with van der Waals surface area (Å²) < 4.78 is 12.1. The molecule has 2 aliphatic heterocycles. The van der Waals surface area contributed by atoms with Gasteiger partial charge in [0.2, 0.25) is 0 Å². The van der Waals surface area contributed by atoms with E-state index in [1.54, 1.807) is 18.5 Å². The number of amides is 1. The van der Waals surface area contributed by atoms with E-state index in [4.69, 9.17) is 9.47 Å². The maximum atomic E-state index is 13.1. The van der Waals surface area contributed by atoms with Crippen molar-refractivity contribution in [1.82, 2.24) is 9.88 Å². The first-order chi connectivity index (χ1) is 14.8. The van der Waals surface area contributed by atoms with Gasteiger partial charge in [0.1, 0.15) is 17.1 Å². The maximum Gasteiger partial charge on any atom is 0.253 e. The normalized spacial score (nSPS) is 18.0. The molecule has 4 rings (SSSR count). The van der Waals surface area contributed by atoms with Gasteiger partial charge in [-0.05, 0) is 56.7 Å². The van der Waals surface area contributed by atoms with E-state index < -0.39 is 5.60 Å². The van der Waals surface area contributed by atoms with Crippen LogP contribution < -0.4 is 4.74 Å². The largest absolute Gasteiger partial charge is 0.491 e. The molecular formula is C25H28N2O4. The van der Waals surface area contributed by atoms with Gasteiger partial charge in [0, 0.05) is 55.5 Å². The van der Waals surface area contributed by atoms with Gasteiger partial charge in [0.15, 0.2) is 5.78 Å². The zero-order valence-electron chi connectivity index (χ0n) is 18.3. The summed E-state index contributed by atoms with van der Waals surface area (Å²) in [5.74, 6) is 1.42. The van der Waals surface area contributed by atoms with Crippen molar-refractivity contribution in [2.75, 3.05) is 13.1 Å². The molecule has 3 heterocycles. The smallest absolute Gasteiger partial charge is 0.253 e. The van der Waals surface area contributed by atoms with Gasteiger partial charge in [0.05, 0.1) is 12.5 Å². The van der Waals surface area contributed by atoms with E-state index in [0.29, 0.717) is 43.7 Å². The molecule has 0 atom stereocenters. The Hall–Kier alpha value is -3.15. The van der Waals surface area contributed by atoms with Gasteiger partial charge in [-0.25, -0.2) is 0 Å². The van der Waals surface area contributed by atoms with Gasteiger partial charge in [-0.3, -0.25) is 14.6 Å². The highest BCUT2D eigenvalue weighted by Gasteiger charge is 2.42. The lowest BCUT2D eigenvalue weighted by Gasteiger charge is -2.43. The molecule has 0 aliphatic carbocycles. The van der Waals surface area contributed by atoms with Crippen molar-refractivity contribution in [3.8, 4) is 5.75 Å². The number of benzene rings is 1. The number of carbonyl (C=O) groups is 2. The van der Waals surface area contributed by atoms with Gasteiger partial charge < -0.3 is 14.4 Å². The van der Waals surface area contributed by atoms with Gasteiger partial charge in [-0.2, -0.15) is 0 Å². The Kier molecular flexibility index (Phi) is 5.81. The molecule has 162 valence electrons. The summed E-state index contributed by atoms with van der Waals surface area (Å²) in [5.41, 5.74) is 1.84. The Labute approximate surface area is 182 Å². The highest BCUT2D eigenvalue weighted by molar-refractivity contribution is 5.98. The van der Waals surface area contributed by atoms with Gasteiger partial charge >= 0.3 is 0 Å². The van der Waals surface area contributed by atoms with Gasteiger partial charge in [-0.15, -0.1) is 0 Å². The minimum absolute atomic E-state index is 0.000733. The molecule has 6 nitrogen and oxygen atoms in total. The Bertz CT molecular complexity index is 1010. The average molecular weight is 421 g/mol. The molecule has 1 saturated heterocycles. The van der Waals surface area contributed by atoms with Crippen LogP contribution in [0.3, 0.4) is 0 Å². The number of ketones is 1. The van der Waals surface area contributed by atoms with Crippen molar-refractivity contribution in [3.63, 3.8) is 0 Å².